The van der Waals surface area contributed by atoms with Crippen LogP contribution in [-0.4, -0.2) is 22.8 Å². The van der Waals surface area contributed by atoms with Crippen molar-refractivity contribution in [3.63, 3.8) is 0 Å². The Morgan fingerprint density at radius 3 is 1.19 bits per heavy atom. The van der Waals surface area contributed by atoms with Gasteiger partial charge in [0.2, 0.25) is 0 Å². The second kappa shape index (κ2) is 15.0. The summed E-state index contributed by atoms with van der Waals surface area (Å²) in [5, 5.41) is 0. The van der Waals surface area contributed by atoms with Gasteiger partial charge >= 0.3 is 8.56 Å². The van der Waals surface area contributed by atoms with E-state index in [9.17, 15) is 0 Å². The number of hydrogen-bond acceptors (Lipinski definition) is 2. The van der Waals surface area contributed by atoms with Crippen LogP contribution in [0.1, 0.15) is 90.9 Å². The lowest BCUT2D eigenvalue weighted by Gasteiger charge is -2.27. The average Bonchev–Trinajstić information content (AvgIpc) is 2.52. The second-order valence-corrected chi connectivity index (χ2v) is 9.99. The Bertz CT molecular complexity index is 187. The van der Waals surface area contributed by atoms with E-state index in [-0.39, 0.29) is 0 Å². The third-order valence-corrected chi connectivity index (χ3v) is 8.29. The van der Waals surface area contributed by atoms with Gasteiger partial charge in [-0.25, -0.2) is 0 Å². The van der Waals surface area contributed by atoms with Gasteiger partial charge in [-0.2, -0.15) is 0 Å². The zero-order valence-corrected chi connectivity index (χ0v) is 16.2. The van der Waals surface area contributed by atoms with E-state index in [1.165, 1.54) is 89.1 Å². The highest BCUT2D eigenvalue weighted by Crippen LogP contribution is 2.25. The largest absolute Gasteiger partial charge is 0.398 e. The zero-order chi connectivity index (χ0) is 15.8. The summed E-state index contributed by atoms with van der Waals surface area (Å²) in [7, 11) is 1.85. The molecule has 0 aliphatic rings. The van der Waals surface area contributed by atoms with E-state index in [1.807, 2.05) is 14.2 Å². The molecule has 0 atom stereocenters. The van der Waals surface area contributed by atoms with Crippen molar-refractivity contribution in [1.29, 1.82) is 0 Å². The van der Waals surface area contributed by atoms with Gasteiger partial charge in [0.05, 0.1) is 0 Å². The predicted octanol–water partition coefficient (Wildman–Crippen LogP) is 6.44. The molecule has 0 aliphatic heterocycles. The molecule has 0 radical (unpaired) electrons. The van der Waals surface area contributed by atoms with E-state index in [0.29, 0.717) is 0 Å². The summed E-state index contributed by atoms with van der Waals surface area (Å²) < 4.78 is 11.7. The van der Waals surface area contributed by atoms with Crippen molar-refractivity contribution in [3.8, 4) is 0 Å². The molecule has 2 nitrogen and oxygen atoms in total. The Kier molecular flexibility index (Phi) is 15.1. The van der Waals surface area contributed by atoms with Crippen molar-refractivity contribution in [3.05, 3.63) is 0 Å². The molecule has 0 N–H and O–H groups in total. The molecule has 21 heavy (non-hydrogen) atoms. The van der Waals surface area contributed by atoms with Crippen LogP contribution in [0.4, 0.5) is 0 Å². The fourth-order valence-corrected chi connectivity index (χ4v) is 5.78. The van der Waals surface area contributed by atoms with Crippen LogP contribution < -0.4 is 0 Å². The van der Waals surface area contributed by atoms with Gasteiger partial charge in [-0.3, -0.25) is 0 Å². The molecule has 0 amide bonds. The van der Waals surface area contributed by atoms with Gasteiger partial charge in [0, 0.05) is 14.2 Å². The molecule has 0 aromatic carbocycles. The van der Waals surface area contributed by atoms with Crippen LogP contribution in [0.2, 0.25) is 12.1 Å². The third kappa shape index (κ3) is 11.4. The minimum atomic E-state index is -1.88. The summed E-state index contributed by atoms with van der Waals surface area (Å²) in [6, 6.07) is 2.36. The van der Waals surface area contributed by atoms with Crippen molar-refractivity contribution in [2.24, 2.45) is 0 Å². The van der Waals surface area contributed by atoms with Crippen molar-refractivity contribution in [1.82, 2.24) is 0 Å². The van der Waals surface area contributed by atoms with Crippen molar-refractivity contribution in [2.75, 3.05) is 14.2 Å². The summed E-state index contributed by atoms with van der Waals surface area (Å²) in [6.45, 7) is 4.54. The van der Waals surface area contributed by atoms with Gasteiger partial charge in [0.25, 0.3) is 0 Å². The monoisotopic (exact) mass is 316 g/mol. The maximum Gasteiger partial charge on any atom is 0.337 e. The lowest BCUT2D eigenvalue weighted by Crippen LogP contribution is -2.39. The minimum absolute atomic E-state index is 1.18. The Morgan fingerprint density at radius 1 is 0.524 bits per heavy atom. The van der Waals surface area contributed by atoms with Crippen LogP contribution in [0.15, 0.2) is 0 Å². The normalized spacial score (nSPS) is 12.0. The first-order chi connectivity index (χ1) is 10.2. The topological polar surface area (TPSA) is 18.5 Å². The van der Waals surface area contributed by atoms with Gasteiger partial charge in [0.1, 0.15) is 0 Å². The summed E-state index contributed by atoms with van der Waals surface area (Å²) in [5.41, 5.74) is 0. The highest BCUT2D eigenvalue weighted by atomic mass is 28.4. The lowest BCUT2D eigenvalue weighted by atomic mass is 10.1. The Balaban J connectivity index is 3.78. The summed E-state index contributed by atoms with van der Waals surface area (Å²) in [5.74, 6) is 0. The summed E-state index contributed by atoms with van der Waals surface area (Å²) in [4.78, 5) is 0. The number of unbranched alkanes of at least 4 members (excludes halogenated alkanes) is 10. The zero-order valence-electron chi connectivity index (χ0n) is 15.2. The quantitative estimate of drug-likeness (QED) is 0.241. The smallest absolute Gasteiger partial charge is 0.337 e. The fraction of sp³-hybridized carbons (Fsp3) is 1.00. The van der Waals surface area contributed by atoms with Crippen molar-refractivity contribution >= 4 is 8.56 Å². The first kappa shape index (κ1) is 21.1. The van der Waals surface area contributed by atoms with E-state index in [4.69, 9.17) is 8.85 Å². The first-order valence-electron chi connectivity index (χ1n) is 9.35. The van der Waals surface area contributed by atoms with Gasteiger partial charge < -0.3 is 8.85 Å². The third-order valence-electron chi connectivity index (χ3n) is 4.57. The summed E-state index contributed by atoms with van der Waals surface area (Å²) in [6.07, 6.45) is 16.2. The molecule has 0 fully saturated rings. The van der Waals surface area contributed by atoms with Crippen molar-refractivity contribution in [2.45, 2.75) is 103 Å². The summed E-state index contributed by atoms with van der Waals surface area (Å²) >= 11 is 0. The number of rotatable bonds is 16. The molecule has 128 valence electrons. The molecule has 0 saturated carbocycles. The molecule has 0 aliphatic carbocycles. The van der Waals surface area contributed by atoms with Gasteiger partial charge in [-0.15, -0.1) is 0 Å². The van der Waals surface area contributed by atoms with Crippen LogP contribution >= 0.6 is 0 Å². The molecule has 0 aromatic rings. The molecule has 0 bridgehead atoms. The molecule has 0 rings (SSSR count). The van der Waals surface area contributed by atoms with Gasteiger partial charge in [-0.1, -0.05) is 90.9 Å². The average molecular weight is 317 g/mol. The Hall–Kier alpha value is 0.137. The lowest BCUT2D eigenvalue weighted by molar-refractivity contribution is 0.238. The highest BCUT2D eigenvalue weighted by molar-refractivity contribution is 6.67. The Morgan fingerprint density at radius 2 is 0.857 bits per heavy atom. The van der Waals surface area contributed by atoms with Crippen LogP contribution in [0.5, 0.6) is 0 Å². The van der Waals surface area contributed by atoms with E-state index in [2.05, 4.69) is 13.8 Å². The maximum atomic E-state index is 5.86. The molecule has 0 saturated heterocycles. The molecular formula is C18H40O2Si. The van der Waals surface area contributed by atoms with Crippen LogP contribution in [0, 0.1) is 0 Å². The van der Waals surface area contributed by atoms with E-state index >= 15 is 0 Å². The van der Waals surface area contributed by atoms with E-state index in [1.54, 1.807) is 0 Å². The molecular weight excluding hydrogens is 276 g/mol. The first-order valence-corrected chi connectivity index (χ1v) is 11.6. The molecule has 0 heterocycles. The van der Waals surface area contributed by atoms with E-state index < -0.39 is 8.56 Å². The van der Waals surface area contributed by atoms with E-state index in [0.717, 1.165) is 0 Å². The highest BCUT2D eigenvalue weighted by Gasteiger charge is 2.33. The minimum Gasteiger partial charge on any atom is -0.398 e. The molecule has 0 unspecified atom stereocenters. The van der Waals surface area contributed by atoms with Crippen LogP contribution in [0.25, 0.3) is 0 Å². The maximum absolute atomic E-state index is 5.86. The SMILES string of the molecule is CCCCCCCC[Si](CCCCCCCC)(OC)OC. The predicted molar refractivity (Wildman–Crippen MR) is 96.1 cm³/mol. The molecule has 3 heteroatoms. The molecule has 0 aromatic heterocycles. The Labute approximate surface area is 135 Å². The second-order valence-electron chi connectivity index (χ2n) is 6.35. The van der Waals surface area contributed by atoms with Crippen LogP contribution in [0.3, 0.4) is 0 Å². The standard InChI is InChI=1S/C18H40O2Si/c1-5-7-9-11-13-15-17-21(19-3,20-4)18-16-14-12-10-8-6-2/h5-18H2,1-4H3. The molecule has 0 spiro atoms. The van der Waals surface area contributed by atoms with Crippen LogP contribution in [-0.2, 0) is 8.85 Å². The van der Waals surface area contributed by atoms with Gasteiger partial charge in [-0.05, 0) is 12.1 Å². The fourth-order valence-electron chi connectivity index (χ4n) is 2.97. The number of hydrogen-bond donors (Lipinski definition) is 0. The van der Waals surface area contributed by atoms with Crippen molar-refractivity contribution < 1.29 is 8.85 Å². The van der Waals surface area contributed by atoms with Gasteiger partial charge in [0.15, 0.2) is 0 Å².